The third-order valence-corrected chi connectivity index (χ3v) is 6.44. The number of hydrogen-bond acceptors (Lipinski definition) is 4. The third-order valence-electron chi connectivity index (χ3n) is 6.44. The van der Waals surface area contributed by atoms with Crippen LogP contribution in [0.3, 0.4) is 0 Å². The molecule has 0 radical (unpaired) electrons. The summed E-state index contributed by atoms with van der Waals surface area (Å²) in [5.41, 5.74) is 2.97. The first kappa shape index (κ1) is 21.8. The lowest BCUT2D eigenvalue weighted by molar-refractivity contribution is -0.0594. The van der Waals surface area contributed by atoms with Crippen molar-refractivity contribution < 1.29 is 23.6 Å². The van der Waals surface area contributed by atoms with Crippen LogP contribution in [0.1, 0.15) is 39.1 Å². The maximum atomic E-state index is 13.2. The number of carbonyl (C=O) groups is 3. The van der Waals surface area contributed by atoms with Crippen LogP contribution in [0.4, 0.5) is 9.18 Å². The van der Waals surface area contributed by atoms with E-state index in [1.54, 1.807) is 24.3 Å². The molecule has 2 heterocycles. The molecule has 1 fully saturated rings. The second-order valence-corrected chi connectivity index (χ2v) is 8.65. The van der Waals surface area contributed by atoms with Gasteiger partial charge in [-0.05, 0) is 66.1 Å². The Hall–Kier alpha value is -4.00. The van der Waals surface area contributed by atoms with Gasteiger partial charge in [0, 0.05) is 13.1 Å². The summed E-state index contributed by atoms with van der Waals surface area (Å²) in [6.07, 6.45) is 1.91. The predicted molar refractivity (Wildman–Crippen MR) is 123 cm³/mol. The molecule has 0 N–H and O–H groups in total. The third kappa shape index (κ3) is 4.29. The van der Waals surface area contributed by atoms with Crippen molar-refractivity contribution in [3.8, 4) is 11.1 Å². The summed E-state index contributed by atoms with van der Waals surface area (Å²) >= 11 is 0. The molecule has 1 saturated heterocycles. The number of nitrogens with zero attached hydrogens (tertiary/aromatic N) is 2. The lowest BCUT2D eigenvalue weighted by Crippen LogP contribution is -2.43. The van der Waals surface area contributed by atoms with E-state index in [-0.39, 0.29) is 16.9 Å². The van der Waals surface area contributed by atoms with E-state index in [0.717, 1.165) is 19.3 Å². The van der Waals surface area contributed by atoms with Gasteiger partial charge in [-0.3, -0.25) is 9.59 Å². The molecule has 2 aliphatic rings. The van der Waals surface area contributed by atoms with Gasteiger partial charge in [0.25, 0.3) is 11.8 Å². The zero-order valence-electron chi connectivity index (χ0n) is 18.4. The highest BCUT2D eigenvalue weighted by Gasteiger charge is 2.40. The SMILES string of the molecule is O=C(ON1C(=O)c2ccc(-c3ccc(F)cc3)cc2C1=O)N1CCC(Cc2ccccc2)CC1. The van der Waals surface area contributed by atoms with Gasteiger partial charge < -0.3 is 9.74 Å². The molecule has 7 heteroatoms. The van der Waals surface area contributed by atoms with Crippen molar-refractivity contribution >= 4 is 17.9 Å². The van der Waals surface area contributed by atoms with Crippen molar-refractivity contribution in [3.05, 3.63) is 95.3 Å². The van der Waals surface area contributed by atoms with Crippen LogP contribution in [0, 0.1) is 11.7 Å². The average Bonchev–Trinajstić information content (AvgIpc) is 3.10. The van der Waals surface area contributed by atoms with Gasteiger partial charge in [-0.2, -0.15) is 0 Å². The normalized spacial score (nSPS) is 16.0. The molecule has 0 atom stereocenters. The number of piperidine rings is 1. The molecule has 0 aliphatic carbocycles. The second kappa shape index (κ2) is 9.09. The smallest absolute Gasteiger partial charge is 0.310 e. The number of rotatable bonds is 4. The van der Waals surface area contributed by atoms with Crippen molar-refractivity contribution in [1.82, 2.24) is 9.96 Å². The number of amides is 3. The Bertz CT molecular complexity index is 1240. The molecule has 0 spiro atoms. The largest absolute Gasteiger partial charge is 0.434 e. The van der Waals surface area contributed by atoms with Crippen molar-refractivity contribution in [3.63, 3.8) is 0 Å². The Morgan fingerprint density at radius 3 is 2.21 bits per heavy atom. The minimum atomic E-state index is -0.702. The van der Waals surface area contributed by atoms with Gasteiger partial charge >= 0.3 is 6.09 Å². The number of imide groups is 1. The van der Waals surface area contributed by atoms with Gasteiger partial charge in [-0.1, -0.05) is 53.6 Å². The highest BCUT2D eigenvalue weighted by molar-refractivity contribution is 6.21. The van der Waals surface area contributed by atoms with Crippen LogP contribution in [-0.4, -0.2) is 41.0 Å². The maximum Gasteiger partial charge on any atom is 0.434 e. The zero-order chi connectivity index (χ0) is 23.7. The van der Waals surface area contributed by atoms with Crippen molar-refractivity contribution in [2.75, 3.05) is 13.1 Å². The van der Waals surface area contributed by atoms with Crippen molar-refractivity contribution in [2.45, 2.75) is 19.3 Å². The fraction of sp³-hybridized carbons (Fsp3) is 0.222. The van der Waals surface area contributed by atoms with Crippen molar-refractivity contribution in [2.24, 2.45) is 5.92 Å². The summed E-state index contributed by atoms with van der Waals surface area (Å²) in [5, 5.41) is 0.539. The van der Waals surface area contributed by atoms with Crippen LogP contribution in [-0.2, 0) is 11.3 Å². The summed E-state index contributed by atoms with van der Waals surface area (Å²) in [6.45, 7) is 1.02. The minimum Gasteiger partial charge on any atom is -0.310 e. The van der Waals surface area contributed by atoms with E-state index in [2.05, 4.69) is 12.1 Å². The molecule has 3 aromatic rings. The number of halogens is 1. The molecule has 3 amide bonds. The summed E-state index contributed by atoms with van der Waals surface area (Å²) in [6, 6.07) is 20.8. The molecule has 34 heavy (non-hydrogen) atoms. The lowest BCUT2D eigenvalue weighted by Gasteiger charge is -2.31. The standard InChI is InChI=1S/C27H23FN2O4/c28-22-9-6-20(7-10-22)21-8-11-23-24(17-21)26(32)30(25(23)31)34-27(33)29-14-12-19(13-15-29)16-18-4-2-1-3-5-18/h1-11,17,19H,12-16H2. The number of hydrogen-bond donors (Lipinski definition) is 0. The molecule has 6 nitrogen and oxygen atoms in total. The maximum absolute atomic E-state index is 13.2. The summed E-state index contributed by atoms with van der Waals surface area (Å²) in [7, 11) is 0. The predicted octanol–water partition coefficient (Wildman–Crippen LogP) is 5.10. The molecule has 5 rings (SSSR count). The first-order chi connectivity index (χ1) is 16.5. The topological polar surface area (TPSA) is 66.9 Å². The number of fused-ring (bicyclic) bond motifs is 1. The first-order valence-corrected chi connectivity index (χ1v) is 11.3. The van der Waals surface area contributed by atoms with E-state index in [4.69, 9.17) is 4.84 Å². The highest BCUT2D eigenvalue weighted by atomic mass is 19.1. The Balaban J connectivity index is 1.22. The molecule has 172 valence electrons. The minimum absolute atomic E-state index is 0.154. The number of hydroxylamine groups is 2. The van der Waals surface area contributed by atoms with Crippen LogP contribution in [0.2, 0.25) is 0 Å². The Morgan fingerprint density at radius 1 is 0.853 bits per heavy atom. The molecule has 2 aliphatic heterocycles. The molecule has 0 aromatic heterocycles. The van der Waals surface area contributed by atoms with Crippen LogP contribution in [0.25, 0.3) is 11.1 Å². The molecular weight excluding hydrogens is 435 g/mol. The number of likely N-dealkylation sites (tertiary alicyclic amines) is 1. The van der Waals surface area contributed by atoms with Gasteiger partial charge in [0.1, 0.15) is 5.82 Å². The Labute approximate surface area is 196 Å². The first-order valence-electron chi connectivity index (χ1n) is 11.3. The van der Waals surface area contributed by atoms with Crippen LogP contribution >= 0.6 is 0 Å². The molecular formula is C27H23FN2O4. The van der Waals surface area contributed by atoms with E-state index in [9.17, 15) is 18.8 Å². The Morgan fingerprint density at radius 2 is 1.50 bits per heavy atom. The summed E-state index contributed by atoms with van der Waals surface area (Å²) < 4.78 is 13.2. The average molecular weight is 458 g/mol. The molecule has 0 saturated carbocycles. The van der Waals surface area contributed by atoms with Gasteiger partial charge in [-0.15, -0.1) is 0 Å². The zero-order valence-corrected chi connectivity index (χ0v) is 18.4. The van der Waals surface area contributed by atoms with E-state index >= 15 is 0 Å². The van der Waals surface area contributed by atoms with Gasteiger partial charge in [-0.25, -0.2) is 9.18 Å². The lowest BCUT2D eigenvalue weighted by atomic mass is 9.90. The van der Waals surface area contributed by atoms with Gasteiger partial charge in [0.15, 0.2) is 0 Å². The van der Waals surface area contributed by atoms with Crippen LogP contribution < -0.4 is 0 Å². The number of carbonyl (C=O) groups excluding carboxylic acids is 3. The molecule has 3 aromatic carbocycles. The van der Waals surface area contributed by atoms with E-state index in [1.165, 1.54) is 28.7 Å². The number of benzene rings is 3. The quantitative estimate of drug-likeness (QED) is 0.511. The molecule has 0 unspecified atom stereocenters. The highest BCUT2D eigenvalue weighted by Crippen LogP contribution is 2.30. The second-order valence-electron chi connectivity index (χ2n) is 8.65. The Kier molecular flexibility index (Phi) is 5.84. The fourth-order valence-electron chi connectivity index (χ4n) is 4.53. The van der Waals surface area contributed by atoms with Gasteiger partial charge in [0.2, 0.25) is 0 Å². The van der Waals surface area contributed by atoms with E-state index < -0.39 is 17.9 Å². The van der Waals surface area contributed by atoms with E-state index in [0.29, 0.717) is 35.2 Å². The monoisotopic (exact) mass is 458 g/mol. The van der Waals surface area contributed by atoms with Gasteiger partial charge in [0.05, 0.1) is 11.1 Å². The fourth-order valence-corrected chi connectivity index (χ4v) is 4.53. The molecule has 0 bridgehead atoms. The summed E-state index contributed by atoms with van der Waals surface area (Å²) in [4.78, 5) is 45.1. The van der Waals surface area contributed by atoms with Crippen LogP contribution in [0.15, 0.2) is 72.8 Å². The van der Waals surface area contributed by atoms with Crippen molar-refractivity contribution in [1.29, 1.82) is 0 Å². The van der Waals surface area contributed by atoms with E-state index in [1.807, 2.05) is 18.2 Å². The van der Waals surface area contributed by atoms with Crippen LogP contribution in [0.5, 0.6) is 0 Å². The summed E-state index contributed by atoms with van der Waals surface area (Å²) in [5.74, 6) is -1.25.